The molecule has 2 rings (SSSR count). The second-order valence-corrected chi connectivity index (χ2v) is 6.92. The monoisotopic (exact) mass is 291 g/mol. The summed E-state index contributed by atoms with van der Waals surface area (Å²) in [5, 5.41) is 2.99. The summed E-state index contributed by atoms with van der Waals surface area (Å²) in [7, 11) is 1.80. The summed E-state index contributed by atoms with van der Waals surface area (Å²) in [6, 6.07) is 3.63. The fraction of sp³-hybridized carbons (Fsp3) is 0.625. The highest BCUT2D eigenvalue weighted by atomic mass is 16.5. The molecule has 1 aliphatic rings. The molecule has 0 aromatic carbocycles. The van der Waals surface area contributed by atoms with Crippen molar-refractivity contribution in [3.8, 4) is 0 Å². The number of anilines is 1. The molecule has 5 nitrogen and oxygen atoms in total. The van der Waals surface area contributed by atoms with Gasteiger partial charge in [0.2, 0.25) is 0 Å². The Morgan fingerprint density at radius 3 is 2.33 bits per heavy atom. The average Bonchev–Trinajstić information content (AvgIpc) is 2.33. The predicted molar refractivity (Wildman–Crippen MR) is 83.7 cm³/mol. The molecule has 1 aromatic heterocycles. The van der Waals surface area contributed by atoms with Crippen molar-refractivity contribution in [3.05, 3.63) is 23.4 Å². The maximum Gasteiger partial charge on any atom is 0.254 e. The van der Waals surface area contributed by atoms with Gasteiger partial charge in [-0.1, -0.05) is 0 Å². The van der Waals surface area contributed by atoms with E-state index >= 15 is 0 Å². The molecular formula is C16H25N3O2. The highest BCUT2D eigenvalue weighted by molar-refractivity contribution is 5.95. The van der Waals surface area contributed by atoms with Crippen molar-refractivity contribution in [2.24, 2.45) is 0 Å². The van der Waals surface area contributed by atoms with E-state index in [1.165, 1.54) is 0 Å². The minimum Gasteiger partial charge on any atom is -0.373 e. The molecule has 1 saturated heterocycles. The third-order valence-corrected chi connectivity index (χ3v) is 3.44. The van der Waals surface area contributed by atoms with E-state index < -0.39 is 0 Å². The number of morpholine rings is 1. The molecule has 21 heavy (non-hydrogen) atoms. The molecule has 5 heteroatoms. The van der Waals surface area contributed by atoms with Crippen LogP contribution in [0.15, 0.2) is 12.1 Å². The number of nitrogens with zero attached hydrogens (tertiary/aromatic N) is 2. The maximum absolute atomic E-state index is 12.8. The highest BCUT2D eigenvalue weighted by Crippen LogP contribution is 2.29. The molecule has 0 spiro atoms. The molecule has 1 aromatic rings. The summed E-state index contributed by atoms with van der Waals surface area (Å²) >= 11 is 0. The van der Waals surface area contributed by atoms with E-state index in [0.29, 0.717) is 24.5 Å². The van der Waals surface area contributed by atoms with Gasteiger partial charge in [0.05, 0.1) is 11.2 Å². The number of nitrogens with one attached hydrogen (secondary N) is 1. The van der Waals surface area contributed by atoms with Gasteiger partial charge < -0.3 is 15.0 Å². The van der Waals surface area contributed by atoms with Crippen molar-refractivity contribution >= 4 is 11.7 Å². The summed E-state index contributed by atoms with van der Waals surface area (Å²) in [6.07, 6.45) is 0. The third-order valence-electron chi connectivity index (χ3n) is 3.44. The molecule has 116 valence electrons. The van der Waals surface area contributed by atoms with Gasteiger partial charge in [0.1, 0.15) is 5.82 Å². The molecule has 0 saturated carbocycles. The van der Waals surface area contributed by atoms with Gasteiger partial charge in [0.25, 0.3) is 5.91 Å². The van der Waals surface area contributed by atoms with Crippen LogP contribution in [0.1, 0.15) is 43.7 Å². The second-order valence-electron chi connectivity index (χ2n) is 6.92. The number of pyridine rings is 1. The number of ether oxygens (including phenoxy) is 1. The number of rotatable bonds is 2. The minimum atomic E-state index is -0.342. The van der Waals surface area contributed by atoms with Crippen molar-refractivity contribution in [3.63, 3.8) is 0 Å². The van der Waals surface area contributed by atoms with Gasteiger partial charge in [0, 0.05) is 31.4 Å². The van der Waals surface area contributed by atoms with E-state index in [1.807, 2.05) is 45.6 Å². The lowest BCUT2D eigenvalue weighted by atomic mass is 9.98. The van der Waals surface area contributed by atoms with Gasteiger partial charge >= 0.3 is 0 Å². The number of aryl methyl sites for hydroxylation is 1. The molecule has 1 amide bonds. The first-order valence-corrected chi connectivity index (χ1v) is 7.28. The maximum atomic E-state index is 12.8. The van der Waals surface area contributed by atoms with Crippen LogP contribution in [0.3, 0.4) is 0 Å². The number of amides is 1. The topological polar surface area (TPSA) is 54.5 Å². The number of carbonyl (C=O) groups excluding carboxylic acids is 1. The Hall–Kier alpha value is -1.62. The quantitative estimate of drug-likeness (QED) is 0.909. The van der Waals surface area contributed by atoms with Gasteiger partial charge in [-0.2, -0.15) is 0 Å². The van der Waals surface area contributed by atoms with Crippen molar-refractivity contribution in [1.29, 1.82) is 0 Å². The first kappa shape index (κ1) is 15.8. The van der Waals surface area contributed by atoms with Gasteiger partial charge in [-0.25, -0.2) is 4.98 Å². The fourth-order valence-corrected chi connectivity index (χ4v) is 3.03. The van der Waals surface area contributed by atoms with Gasteiger partial charge in [0.15, 0.2) is 0 Å². The van der Waals surface area contributed by atoms with Crippen LogP contribution in [0.4, 0.5) is 5.82 Å². The zero-order valence-electron chi connectivity index (χ0n) is 13.8. The van der Waals surface area contributed by atoms with Crippen LogP contribution in [-0.4, -0.2) is 47.1 Å². The van der Waals surface area contributed by atoms with Crippen molar-refractivity contribution in [1.82, 2.24) is 9.88 Å². The Kier molecular flexibility index (Phi) is 3.97. The lowest BCUT2D eigenvalue weighted by Gasteiger charge is -2.47. The lowest BCUT2D eigenvalue weighted by Crippen LogP contribution is -2.58. The Balaban J connectivity index is 2.29. The Morgan fingerprint density at radius 1 is 1.24 bits per heavy atom. The number of carbonyl (C=O) groups is 1. The van der Waals surface area contributed by atoms with E-state index in [-0.39, 0.29) is 17.1 Å². The molecular weight excluding hydrogens is 266 g/mol. The average molecular weight is 291 g/mol. The Labute approximate surface area is 126 Å². The molecule has 0 unspecified atom stereocenters. The van der Waals surface area contributed by atoms with Crippen LogP contribution >= 0.6 is 0 Å². The number of hydrogen-bond acceptors (Lipinski definition) is 4. The van der Waals surface area contributed by atoms with Crippen LogP contribution in [0.5, 0.6) is 0 Å². The Bertz CT molecular complexity index is 536. The molecule has 2 heterocycles. The summed E-state index contributed by atoms with van der Waals surface area (Å²) in [5.74, 6) is 0.742. The minimum absolute atomic E-state index is 0.0291. The van der Waals surface area contributed by atoms with E-state index in [1.54, 1.807) is 13.1 Å². The third kappa shape index (κ3) is 3.73. The fourth-order valence-electron chi connectivity index (χ4n) is 3.03. The van der Waals surface area contributed by atoms with E-state index in [0.717, 1.165) is 5.69 Å². The summed E-state index contributed by atoms with van der Waals surface area (Å²) in [6.45, 7) is 11.1. The molecule has 0 aliphatic carbocycles. The van der Waals surface area contributed by atoms with Crippen LogP contribution in [-0.2, 0) is 4.74 Å². The second kappa shape index (κ2) is 5.30. The van der Waals surface area contributed by atoms with E-state index in [2.05, 4.69) is 10.3 Å². The molecule has 0 bridgehead atoms. The number of aromatic nitrogens is 1. The standard InChI is InChI=1S/C16H25N3O2/c1-11-7-12(8-13(17-6)18-11)14(20)19-9-15(2,3)21-16(4,5)10-19/h7-8H,9-10H2,1-6H3,(H,17,18). The first-order chi connectivity index (χ1) is 9.62. The molecule has 1 N–H and O–H groups in total. The zero-order valence-corrected chi connectivity index (χ0v) is 13.8. The van der Waals surface area contributed by atoms with Gasteiger partial charge in [-0.05, 0) is 46.8 Å². The van der Waals surface area contributed by atoms with Crippen molar-refractivity contribution < 1.29 is 9.53 Å². The normalized spacial score (nSPS) is 20.2. The Morgan fingerprint density at radius 2 is 1.81 bits per heavy atom. The van der Waals surface area contributed by atoms with Crippen LogP contribution in [0, 0.1) is 6.92 Å². The summed E-state index contributed by atoms with van der Waals surface area (Å²) < 4.78 is 6.03. The predicted octanol–water partition coefficient (Wildman–Crippen LogP) is 2.46. The lowest BCUT2D eigenvalue weighted by molar-refractivity contribution is -0.171. The van der Waals surface area contributed by atoms with Crippen LogP contribution in [0.25, 0.3) is 0 Å². The van der Waals surface area contributed by atoms with Crippen molar-refractivity contribution in [2.45, 2.75) is 45.8 Å². The summed E-state index contributed by atoms with van der Waals surface area (Å²) in [4.78, 5) is 19.0. The molecule has 1 fully saturated rings. The smallest absolute Gasteiger partial charge is 0.254 e. The van der Waals surface area contributed by atoms with E-state index in [9.17, 15) is 4.79 Å². The van der Waals surface area contributed by atoms with Crippen LogP contribution in [0.2, 0.25) is 0 Å². The van der Waals surface area contributed by atoms with Crippen LogP contribution < -0.4 is 5.32 Å². The van der Waals surface area contributed by atoms with Crippen molar-refractivity contribution in [2.75, 3.05) is 25.5 Å². The first-order valence-electron chi connectivity index (χ1n) is 7.28. The number of hydrogen-bond donors (Lipinski definition) is 1. The molecule has 0 radical (unpaired) electrons. The summed E-state index contributed by atoms with van der Waals surface area (Å²) in [5.41, 5.74) is 0.814. The largest absolute Gasteiger partial charge is 0.373 e. The molecule has 1 aliphatic heterocycles. The van der Waals surface area contributed by atoms with Gasteiger partial charge in [-0.3, -0.25) is 4.79 Å². The SMILES string of the molecule is CNc1cc(C(=O)N2CC(C)(C)OC(C)(C)C2)cc(C)n1. The zero-order chi connectivity index (χ0) is 15.8. The molecule has 0 atom stereocenters. The van der Waals surface area contributed by atoms with E-state index in [4.69, 9.17) is 4.74 Å². The van der Waals surface area contributed by atoms with Gasteiger partial charge in [-0.15, -0.1) is 0 Å². The highest BCUT2D eigenvalue weighted by Gasteiger charge is 2.40.